The van der Waals surface area contributed by atoms with Crippen LogP contribution in [0.1, 0.15) is 30.9 Å². The highest BCUT2D eigenvalue weighted by Crippen LogP contribution is 2.64. The molecular weight excluding hydrogens is 277 g/mol. The van der Waals surface area contributed by atoms with Gasteiger partial charge < -0.3 is 5.32 Å². The van der Waals surface area contributed by atoms with Crippen LogP contribution in [0.4, 0.5) is 10.1 Å². The van der Waals surface area contributed by atoms with E-state index in [0.717, 1.165) is 5.56 Å². The van der Waals surface area contributed by atoms with Gasteiger partial charge in [-0.1, -0.05) is 50.2 Å². The van der Waals surface area contributed by atoms with Gasteiger partial charge in [-0.3, -0.25) is 4.79 Å². The third-order valence-electron chi connectivity index (χ3n) is 4.73. The number of benzene rings is 2. The molecule has 22 heavy (non-hydrogen) atoms. The zero-order valence-corrected chi connectivity index (χ0v) is 13.1. The first kappa shape index (κ1) is 14.8. The van der Waals surface area contributed by atoms with Gasteiger partial charge in [0.25, 0.3) is 0 Å². The number of carbonyl (C=O) groups is 1. The molecule has 1 amide bonds. The van der Waals surface area contributed by atoms with E-state index in [1.165, 1.54) is 17.7 Å². The molecule has 0 bridgehead atoms. The molecule has 2 aromatic carbocycles. The fourth-order valence-electron chi connectivity index (χ4n) is 3.35. The summed E-state index contributed by atoms with van der Waals surface area (Å²) in [7, 11) is 0. The summed E-state index contributed by atoms with van der Waals surface area (Å²) in [5.41, 5.74) is 2.53. The SMILES string of the molecule is Cc1ccc(F)cc1NC(=O)[C@H]1[C@H](c2ccccc2)C1(C)C. The first-order chi connectivity index (χ1) is 10.4. The van der Waals surface area contributed by atoms with E-state index < -0.39 is 0 Å². The van der Waals surface area contributed by atoms with E-state index in [1.54, 1.807) is 6.07 Å². The Bertz CT molecular complexity index is 709. The van der Waals surface area contributed by atoms with Gasteiger partial charge in [-0.05, 0) is 35.6 Å². The molecule has 1 aliphatic rings. The van der Waals surface area contributed by atoms with Crippen LogP contribution in [0.15, 0.2) is 48.5 Å². The lowest BCUT2D eigenvalue weighted by atomic mass is 10.0. The van der Waals surface area contributed by atoms with Crippen LogP contribution in [0, 0.1) is 24.1 Å². The fraction of sp³-hybridized carbons (Fsp3) is 0.316. The van der Waals surface area contributed by atoms with Crippen molar-refractivity contribution in [3.8, 4) is 0 Å². The smallest absolute Gasteiger partial charge is 0.228 e. The first-order valence-electron chi connectivity index (χ1n) is 7.53. The van der Waals surface area contributed by atoms with Gasteiger partial charge in [0.2, 0.25) is 5.91 Å². The molecule has 0 unspecified atom stereocenters. The molecule has 3 heteroatoms. The Balaban J connectivity index is 1.80. The summed E-state index contributed by atoms with van der Waals surface area (Å²) in [6, 6.07) is 14.5. The van der Waals surface area contributed by atoms with E-state index in [-0.39, 0.29) is 29.0 Å². The number of amides is 1. The number of halogens is 1. The average Bonchev–Trinajstić information content (AvgIpc) is 3.06. The minimum Gasteiger partial charge on any atom is -0.325 e. The quantitative estimate of drug-likeness (QED) is 0.887. The normalized spacial score (nSPS) is 22.2. The minimum atomic E-state index is -0.337. The number of aryl methyl sites for hydroxylation is 1. The van der Waals surface area contributed by atoms with Crippen molar-refractivity contribution < 1.29 is 9.18 Å². The molecule has 1 aliphatic carbocycles. The van der Waals surface area contributed by atoms with Crippen LogP contribution in [0.5, 0.6) is 0 Å². The number of rotatable bonds is 3. The predicted octanol–water partition coefficient (Wildman–Crippen LogP) is 4.51. The van der Waals surface area contributed by atoms with Gasteiger partial charge in [0.15, 0.2) is 0 Å². The van der Waals surface area contributed by atoms with Gasteiger partial charge in [0.05, 0.1) is 5.92 Å². The highest BCUT2D eigenvalue weighted by Gasteiger charge is 2.62. The Kier molecular flexibility index (Phi) is 3.51. The second kappa shape index (κ2) is 5.24. The van der Waals surface area contributed by atoms with Crippen LogP contribution in [-0.2, 0) is 4.79 Å². The molecule has 2 atom stereocenters. The second-order valence-electron chi connectivity index (χ2n) is 6.64. The molecule has 0 aromatic heterocycles. The van der Waals surface area contributed by atoms with Crippen LogP contribution < -0.4 is 5.32 Å². The second-order valence-corrected chi connectivity index (χ2v) is 6.64. The predicted molar refractivity (Wildman–Crippen MR) is 86.2 cm³/mol. The highest BCUT2D eigenvalue weighted by molar-refractivity contribution is 5.97. The van der Waals surface area contributed by atoms with Gasteiger partial charge in [0, 0.05) is 11.6 Å². The van der Waals surface area contributed by atoms with Crippen LogP contribution >= 0.6 is 0 Å². The first-order valence-corrected chi connectivity index (χ1v) is 7.53. The van der Waals surface area contributed by atoms with E-state index >= 15 is 0 Å². The number of nitrogens with one attached hydrogen (secondary N) is 1. The van der Waals surface area contributed by atoms with E-state index in [1.807, 2.05) is 25.1 Å². The fourth-order valence-corrected chi connectivity index (χ4v) is 3.35. The van der Waals surface area contributed by atoms with Crippen molar-refractivity contribution >= 4 is 11.6 Å². The van der Waals surface area contributed by atoms with Crippen LogP contribution in [0.2, 0.25) is 0 Å². The van der Waals surface area contributed by atoms with Gasteiger partial charge >= 0.3 is 0 Å². The maximum atomic E-state index is 13.4. The third kappa shape index (κ3) is 2.52. The van der Waals surface area contributed by atoms with Crippen molar-refractivity contribution in [2.45, 2.75) is 26.7 Å². The maximum Gasteiger partial charge on any atom is 0.228 e. The summed E-state index contributed by atoms with van der Waals surface area (Å²) >= 11 is 0. The van der Waals surface area contributed by atoms with Crippen LogP contribution in [0.3, 0.4) is 0 Å². The van der Waals surface area contributed by atoms with Gasteiger partial charge in [-0.15, -0.1) is 0 Å². The summed E-state index contributed by atoms with van der Waals surface area (Å²) in [5, 5.41) is 2.89. The zero-order valence-electron chi connectivity index (χ0n) is 13.1. The third-order valence-corrected chi connectivity index (χ3v) is 4.73. The molecule has 0 spiro atoms. The van der Waals surface area contributed by atoms with E-state index in [4.69, 9.17) is 0 Å². The van der Waals surface area contributed by atoms with Crippen molar-refractivity contribution in [2.75, 3.05) is 5.32 Å². The Labute approximate surface area is 130 Å². The molecule has 0 heterocycles. The lowest BCUT2D eigenvalue weighted by molar-refractivity contribution is -0.118. The molecule has 0 aliphatic heterocycles. The van der Waals surface area contributed by atoms with Crippen molar-refractivity contribution in [1.82, 2.24) is 0 Å². The topological polar surface area (TPSA) is 29.1 Å². The summed E-state index contributed by atoms with van der Waals surface area (Å²) in [5.74, 6) is -0.247. The number of anilines is 1. The summed E-state index contributed by atoms with van der Waals surface area (Å²) < 4.78 is 13.4. The van der Waals surface area contributed by atoms with E-state index in [2.05, 4.69) is 31.3 Å². The van der Waals surface area contributed by atoms with Crippen molar-refractivity contribution in [2.24, 2.45) is 11.3 Å². The maximum absolute atomic E-state index is 13.4. The number of carbonyl (C=O) groups excluding carboxylic acids is 1. The molecule has 1 saturated carbocycles. The molecule has 2 nitrogen and oxygen atoms in total. The minimum absolute atomic E-state index is 0.0347. The Morgan fingerprint density at radius 3 is 2.50 bits per heavy atom. The summed E-state index contributed by atoms with van der Waals surface area (Å²) in [6.07, 6.45) is 0. The van der Waals surface area contributed by atoms with Crippen LogP contribution in [-0.4, -0.2) is 5.91 Å². The summed E-state index contributed by atoms with van der Waals surface area (Å²) in [4.78, 5) is 12.6. The van der Waals surface area contributed by atoms with E-state index in [9.17, 15) is 9.18 Å². The zero-order chi connectivity index (χ0) is 15.9. The molecule has 3 rings (SSSR count). The summed E-state index contributed by atoms with van der Waals surface area (Å²) in [6.45, 7) is 6.07. The molecule has 0 radical (unpaired) electrons. The van der Waals surface area contributed by atoms with Gasteiger partial charge in [-0.25, -0.2) is 4.39 Å². The Morgan fingerprint density at radius 2 is 1.82 bits per heavy atom. The molecular formula is C19H20FNO. The Hall–Kier alpha value is -2.16. The molecule has 0 saturated heterocycles. The number of hydrogen-bond donors (Lipinski definition) is 1. The lowest BCUT2D eigenvalue weighted by Gasteiger charge is -2.09. The van der Waals surface area contributed by atoms with Crippen molar-refractivity contribution in [3.05, 3.63) is 65.5 Å². The monoisotopic (exact) mass is 297 g/mol. The molecule has 2 aromatic rings. The van der Waals surface area contributed by atoms with Crippen LogP contribution in [0.25, 0.3) is 0 Å². The average molecular weight is 297 g/mol. The van der Waals surface area contributed by atoms with E-state index in [0.29, 0.717) is 5.69 Å². The lowest BCUT2D eigenvalue weighted by Crippen LogP contribution is -2.17. The number of hydrogen-bond acceptors (Lipinski definition) is 1. The largest absolute Gasteiger partial charge is 0.325 e. The molecule has 1 N–H and O–H groups in total. The van der Waals surface area contributed by atoms with Crippen molar-refractivity contribution in [1.29, 1.82) is 0 Å². The Morgan fingerprint density at radius 1 is 1.14 bits per heavy atom. The van der Waals surface area contributed by atoms with Crippen molar-refractivity contribution in [3.63, 3.8) is 0 Å². The standard InChI is InChI=1S/C19H20FNO/c1-12-9-10-14(20)11-15(12)21-18(22)17-16(19(17,2)3)13-7-5-4-6-8-13/h4-11,16-17H,1-3H3,(H,21,22)/t16-,17+/m0/s1. The molecule has 1 fully saturated rings. The molecule has 114 valence electrons. The highest BCUT2D eigenvalue weighted by atomic mass is 19.1. The van der Waals surface area contributed by atoms with Gasteiger partial charge in [0.1, 0.15) is 5.82 Å². The van der Waals surface area contributed by atoms with Gasteiger partial charge in [-0.2, -0.15) is 0 Å².